The molecule has 5 aromatic rings. The number of carbonyl (C=O) groups is 1. The summed E-state index contributed by atoms with van der Waals surface area (Å²) in [5, 5.41) is 18.9. The zero-order valence-electron chi connectivity index (χ0n) is 27.0. The Morgan fingerprint density at radius 2 is 1.83 bits per heavy atom. The number of esters is 1. The fourth-order valence-corrected chi connectivity index (χ4v) is 5.91. The van der Waals surface area contributed by atoms with Crippen molar-refractivity contribution in [2.75, 3.05) is 19.9 Å². The molecule has 0 radical (unpaired) electrons. The van der Waals surface area contributed by atoms with E-state index in [1.54, 1.807) is 49.4 Å². The number of nitrogens with one attached hydrogen (secondary N) is 1. The maximum absolute atomic E-state index is 15.6. The van der Waals surface area contributed by atoms with E-state index in [-0.39, 0.29) is 24.5 Å². The molecule has 0 bridgehead atoms. The highest BCUT2D eigenvalue weighted by Gasteiger charge is 2.45. The second-order valence-electron chi connectivity index (χ2n) is 10.6. The van der Waals surface area contributed by atoms with Crippen LogP contribution in [0.1, 0.15) is 58.7 Å². The first-order chi connectivity index (χ1) is 22.7. The predicted molar refractivity (Wildman–Crippen MR) is 183 cm³/mol. The number of ether oxygens (including phenoxy) is 2. The average Bonchev–Trinajstić information content (AvgIpc) is 3.78. The Bertz CT molecular complexity index is 1790. The van der Waals surface area contributed by atoms with Gasteiger partial charge in [0.2, 0.25) is 0 Å². The van der Waals surface area contributed by atoms with Crippen LogP contribution >= 0.6 is 23.7 Å². The van der Waals surface area contributed by atoms with Crippen LogP contribution in [-0.2, 0) is 21.6 Å². The molecule has 5 rings (SSSR count). The largest absolute Gasteiger partial charge is 0.435 e. The Kier molecular flexibility index (Phi) is 14.3. The number of aromatic nitrogens is 4. The van der Waals surface area contributed by atoms with Crippen LogP contribution in [0, 0.1) is 29.9 Å². The van der Waals surface area contributed by atoms with Gasteiger partial charge in [0.1, 0.15) is 29.9 Å². The average molecular weight is 695 g/mol. The third-order valence-corrected chi connectivity index (χ3v) is 8.55. The van der Waals surface area contributed by atoms with E-state index in [0.717, 1.165) is 36.3 Å². The highest BCUT2D eigenvalue weighted by atomic mass is 35.5. The molecule has 0 aliphatic rings. The number of hydrogen-bond donors (Lipinski definition) is 1. The molecule has 2 heterocycles. The Morgan fingerprint density at radius 3 is 2.44 bits per heavy atom. The van der Waals surface area contributed by atoms with Crippen molar-refractivity contribution in [3.63, 3.8) is 0 Å². The molecule has 0 saturated heterocycles. The van der Waals surface area contributed by atoms with Crippen molar-refractivity contribution in [2.24, 2.45) is 0 Å². The summed E-state index contributed by atoms with van der Waals surface area (Å²) < 4.78 is 43.0. The quantitative estimate of drug-likeness (QED) is 0.106. The second-order valence-corrected chi connectivity index (χ2v) is 11.4. The molecular weight excluding hydrogens is 658 g/mol. The van der Waals surface area contributed by atoms with E-state index in [1.807, 2.05) is 18.4 Å². The van der Waals surface area contributed by atoms with Gasteiger partial charge in [0.05, 0.1) is 34.4 Å². The van der Waals surface area contributed by atoms with Crippen LogP contribution in [0.2, 0.25) is 0 Å². The van der Waals surface area contributed by atoms with Gasteiger partial charge in [-0.3, -0.25) is 0 Å². The highest BCUT2D eigenvalue weighted by molar-refractivity contribution is 7.10. The van der Waals surface area contributed by atoms with Gasteiger partial charge in [0, 0.05) is 28.5 Å². The van der Waals surface area contributed by atoms with Crippen LogP contribution in [0.5, 0.6) is 0 Å². The summed E-state index contributed by atoms with van der Waals surface area (Å²) in [6.07, 6.45) is 2.79. The number of carbonyl (C=O) groups excluding carboxylic acids is 1. The topological polar surface area (TPSA) is 115 Å². The maximum Gasteiger partial charge on any atom is 0.340 e. The molecule has 2 aromatic heterocycles. The van der Waals surface area contributed by atoms with Gasteiger partial charge in [-0.1, -0.05) is 57.2 Å². The van der Waals surface area contributed by atoms with Crippen LogP contribution in [0.3, 0.4) is 0 Å². The number of thiazole rings is 1. The molecule has 2 atom stereocenters. The van der Waals surface area contributed by atoms with Gasteiger partial charge in [0.15, 0.2) is 6.79 Å². The Hall–Kier alpha value is -4.54. The summed E-state index contributed by atoms with van der Waals surface area (Å²) in [5.74, 6) is -2.83. The van der Waals surface area contributed by atoms with Crippen molar-refractivity contribution in [3.05, 3.63) is 124 Å². The zero-order chi connectivity index (χ0) is 33.8. The molecule has 0 unspecified atom stereocenters. The molecule has 48 heavy (non-hydrogen) atoms. The van der Waals surface area contributed by atoms with E-state index in [0.29, 0.717) is 21.8 Å². The molecule has 252 valence electrons. The molecular formula is C35H37ClF2N6O3S. The maximum atomic E-state index is 15.6. The molecule has 0 spiro atoms. The van der Waals surface area contributed by atoms with E-state index in [4.69, 9.17) is 19.7 Å². The molecule has 9 nitrogen and oxygen atoms in total. The molecule has 0 aliphatic carbocycles. The monoisotopic (exact) mass is 694 g/mol. The third kappa shape index (κ3) is 9.29. The summed E-state index contributed by atoms with van der Waals surface area (Å²) in [4.78, 5) is 21.7. The molecule has 1 N–H and O–H groups in total. The lowest BCUT2D eigenvalue weighted by molar-refractivity contribution is -0.148. The fourth-order valence-electron chi connectivity index (χ4n) is 4.94. The van der Waals surface area contributed by atoms with Crippen molar-refractivity contribution in [3.8, 4) is 17.3 Å². The number of benzene rings is 3. The van der Waals surface area contributed by atoms with Crippen LogP contribution in [0.4, 0.5) is 8.78 Å². The van der Waals surface area contributed by atoms with Gasteiger partial charge in [0.25, 0.3) is 0 Å². The highest BCUT2D eigenvalue weighted by Crippen LogP contribution is 2.44. The lowest BCUT2D eigenvalue weighted by Crippen LogP contribution is -2.42. The van der Waals surface area contributed by atoms with Crippen molar-refractivity contribution < 1.29 is 23.0 Å². The number of aryl methyl sites for hydroxylation is 1. The standard InChI is InChI=1S/C31H25F2N5O3S.C4H11N.ClH/c1-20-5-3-4-6-25(20)30(39)40-19-41-31(16-38-18-35-17-36-38,26-12-11-24(32)13-27(26)33)21(2)29-37-28(15-42-29)23-9-7-22(14-34)8-10-23;1-3-5-4-2;/h3-13,15,17-18,21H,16,19H2,1-2H3;5H,3-4H2,1-2H3;1H/t21-,31+;;/m0../s1. The predicted octanol–water partition coefficient (Wildman–Crippen LogP) is 7.43. The summed E-state index contributed by atoms with van der Waals surface area (Å²) in [5.41, 5.74) is 1.56. The Morgan fingerprint density at radius 1 is 1.10 bits per heavy atom. The van der Waals surface area contributed by atoms with E-state index in [1.165, 1.54) is 34.7 Å². The van der Waals surface area contributed by atoms with E-state index >= 15 is 4.39 Å². The van der Waals surface area contributed by atoms with Crippen LogP contribution < -0.4 is 5.32 Å². The Labute approximate surface area is 289 Å². The summed E-state index contributed by atoms with van der Waals surface area (Å²) in [6, 6.07) is 19.3. The van der Waals surface area contributed by atoms with Gasteiger partial charge >= 0.3 is 5.97 Å². The minimum atomic E-state index is -1.56. The second kappa shape index (κ2) is 18.1. The lowest BCUT2D eigenvalue weighted by Gasteiger charge is -2.38. The first-order valence-corrected chi connectivity index (χ1v) is 15.9. The van der Waals surface area contributed by atoms with Crippen LogP contribution in [0.15, 0.2) is 84.8 Å². The van der Waals surface area contributed by atoms with Crippen molar-refractivity contribution in [1.29, 1.82) is 5.26 Å². The van der Waals surface area contributed by atoms with Crippen LogP contribution in [0.25, 0.3) is 11.3 Å². The van der Waals surface area contributed by atoms with Gasteiger partial charge < -0.3 is 14.8 Å². The number of halogens is 3. The summed E-state index contributed by atoms with van der Waals surface area (Å²) >= 11 is 1.34. The Balaban J connectivity index is 0.000000970. The number of hydrogen-bond acceptors (Lipinski definition) is 9. The van der Waals surface area contributed by atoms with Gasteiger partial charge in [-0.25, -0.2) is 28.2 Å². The molecule has 0 amide bonds. The van der Waals surface area contributed by atoms with E-state index in [2.05, 4.69) is 35.3 Å². The minimum absolute atomic E-state index is 0. The van der Waals surface area contributed by atoms with Crippen molar-refractivity contribution in [2.45, 2.75) is 45.8 Å². The lowest BCUT2D eigenvalue weighted by atomic mass is 9.81. The van der Waals surface area contributed by atoms with Crippen LogP contribution in [-0.4, -0.2) is 45.6 Å². The zero-order valence-corrected chi connectivity index (χ0v) is 28.7. The summed E-state index contributed by atoms with van der Waals surface area (Å²) in [7, 11) is 0. The fraction of sp³-hybridized carbons (Fsp3) is 0.286. The molecule has 13 heteroatoms. The van der Waals surface area contributed by atoms with E-state index in [9.17, 15) is 9.18 Å². The van der Waals surface area contributed by atoms with Crippen molar-refractivity contribution in [1.82, 2.24) is 25.1 Å². The number of rotatable bonds is 12. The van der Waals surface area contributed by atoms with Crippen molar-refractivity contribution >= 4 is 29.7 Å². The first kappa shape index (κ1) is 37.9. The van der Waals surface area contributed by atoms with E-state index < -0.39 is 35.9 Å². The van der Waals surface area contributed by atoms with Gasteiger partial charge in [-0.05, 0) is 49.8 Å². The van der Waals surface area contributed by atoms with Gasteiger partial charge in [-0.15, -0.1) is 23.7 Å². The minimum Gasteiger partial charge on any atom is -0.435 e. The summed E-state index contributed by atoms with van der Waals surface area (Å²) in [6.45, 7) is 9.40. The molecule has 3 aromatic carbocycles. The van der Waals surface area contributed by atoms with Gasteiger partial charge in [-0.2, -0.15) is 10.4 Å². The first-order valence-electron chi connectivity index (χ1n) is 15.0. The molecule has 0 saturated carbocycles. The third-order valence-electron chi connectivity index (χ3n) is 7.52. The normalized spacial score (nSPS) is 12.4. The number of nitriles is 1. The molecule has 0 fully saturated rings. The molecule has 0 aliphatic heterocycles. The number of nitrogens with zero attached hydrogens (tertiary/aromatic N) is 5. The smallest absolute Gasteiger partial charge is 0.340 e. The SMILES string of the molecule is CCNCC.Cc1ccccc1C(=O)OCO[C@@](Cn1cncn1)(c1ccc(F)cc1F)[C@@H](C)c1nc(-c2ccc(C#N)cc2)cs1.Cl.